The van der Waals surface area contributed by atoms with Gasteiger partial charge < -0.3 is 15.5 Å². The second kappa shape index (κ2) is 5.18. The molecule has 0 radical (unpaired) electrons. The highest BCUT2D eigenvalue weighted by molar-refractivity contribution is 5.94. The van der Waals surface area contributed by atoms with E-state index in [1.807, 2.05) is 19.9 Å². The Labute approximate surface area is 105 Å². The summed E-state index contributed by atoms with van der Waals surface area (Å²) in [7, 11) is 0. The van der Waals surface area contributed by atoms with Gasteiger partial charge >= 0.3 is 5.97 Å². The van der Waals surface area contributed by atoms with Crippen molar-refractivity contribution < 1.29 is 19.8 Å². The molecule has 0 heterocycles. The molecule has 0 fully saturated rings. The van der Waals surface area contributed by atoms with E-state index in [0.29, 0.717) is 5.56 Å². The molecular formula is C13H17NO4. The summed E-state index contributed by atoms with van der Waals surface area (Å²) >= 11 is 0. The number of nitrogens with one attached hydrogen (secondary N) is 1. The Kier molecular flexibility index (Phi) is 4.08. The number of aryl methyl sites for hydroxylation is 2. The summed E-state index contributed by atoms with van der Waals surface area (Å²) in [5, 5.41) is 20.6. The average Bonchev–Trinajstić information content (AvgIpc) is 2.29. The van der Waals surface area contributed by atoms with E-state index in [-0.39, 0.29) is 6.54 Å². The lowest BCUT2D eigenvalue weighted by atomic mass is 10.0. The smallest absolute Gasteiger partial charge is 0.337 e. The number of carboxylic acid groups (broad SMARTS) is 1. The van der Waals surface area contributed by atoms with E-state index in [0.717, 1.165) is 18.1 Å². The average molecular weight is 251 g/mol. The van der Waals surface area contributed by atoms with Crippen LogP contribution in [0, 0.1) is 13.8 Å². The van der Waals surface area contributed by atoms with Crippen LogP contribution in [0.2, 0.25) is 0 Å². The minimum Gasteiger partial charge on any atom is -0.479 e. The Morgan fingerprint density at radius 1 is 1.28 bits per heavy atom. The molecule has 0 saturated heterocycles. The first-order valence-electron chi connectivity index (χ1n) is 5.55. The zero-order chi connectivity index (χ0) is 13.9. The van der Waals surface area contributed by atoms with Gasteiger partial charge in [0.2, 0.25) is 0 Å². The van der Waals surface area contributed by atoms with E-state index in [9.17, 15) is 14.7 Å². The predicted molar refractivity (Wildman–Crippen MR) is 66.5 cm³/mol. The van der Waals surface area contributed by atoms with Crippen LogP contribution < -0.4 is 5.32 Å². The number of carboxylic acids is 1. The minimum atomic E-state index is -1.96. The zero-order valence-corrected chi connectivity index (χ0v) is 10.7. The molecule has 1 aromatic carbocycles. The third-order valence-electron chi connectivity index (χ3n) is 2.82. The largest absolute Gasteiger partial charge is 0.479 e. The first-order chi connectivity index (χ1) is 8.24. The standard InChI is InChI=1S/C13H17NO4/c1-8-4-5-10(6-9(8)2)11(15)14-7-13(3,18)12(16)17/h4-6,18H,7H2,1-3H3,(H,14,15)(H,16,17). The molecule has 3 N–H and O–H groups in total. The van der Waals surface area contributed by atoms with Gasteiger partial charge in [0, 0.05) is 5.56 Å². The van der Waals surface area contributed by atoms with Crippen LogP contribution >= 0.6 is 0 Å². The lowest BCUT2D eigenvalue weighted by Crippen LogP contribution is -2.46. The van der Waals surface area contributed by atoms with Gasteiger partial charge in [-0.2, -0.15) is 0 Å². The quantitative estimate of drug-likeness (QED) is 0.741. The van der Waals surface area contributed by atoms with E-state index in [2.05, 4.69) is 5.32 Å². The fraction of sp³-hybridized carbons (Fsp3) is 0.385. The van der Waals surface area contributed by atoms with Gasteiger partial charge in [0.05, 0.1) is 6.54 Å². The lowest BCUT2D eigenvalue weighted by molar-refractivity contribution is -0.155. The maximum atomic E-state index is 11.8. The fourth-order valence-electron chi connectivity index (χ4n) is 1.31. The van der Waals surface area contributed by atoms with Gasteiger partial charge in [0.1, 0.15) is 0 Å². The lowest BCUT2D eigenvalue weighted by Gasteiger charge is -2.18. The van der Waals surface area contributed by atoms with Crippen molar-refractivity contribution in [3.63, 3.8) is 0 Å². The highest BCUT2D eigenvalue weighted by Crippen LogP contribution is 2.10. The second-order valence-electron chi connectivity index (χ2n) is 4.56. The Morgan fingerprint density at radius 2 is 1.89 bits per heavy atom. The van der Waals surface area contributed by atoms with Gasteiger partial charge in [-0.3, -0.25) is 4.79 Å². The molecule has 0 bridgehead atoms. The van der Waals surface area contributed by atoms with Crippen molar-refractivity contribution in [1.82, 2.24) is 5.32 Å². The van der Waals surface area contributed by atoms with Crippen LogP contribution in [0.4, 0.5) is 0 Å². The molecule has 98 valence electrons. The normalized spacial score (nSPS) is 13.8. The molecule has 1 aromatic rings. The van der Waals surface area contributed by atoms with E-state index < -0.39 is 17.5 Å². The number of rotatable bonds is 4. The van der Waals surface area contributed by atoms with E-state index in [1.54, 1.807) is 12.1 Å². The molecule has 0 aliphatic rings. The molecule has 5 heteroatoms. The van der Waals surface area contributed by atoms with Crippen molar-refractivity contribution in [1.29, 1.82) is 0 Å². The van der Waals surface area contributed by atoms with Crippen LogP contribution in [0.1, 0.15) is 28.4 Å². The zero-order valence-electron chi connectivity index (χ0n) is 10.7. The van der Waals surface area contributed by atoms with Crippen molar-refractivity contribution in [2.24, 2.45) is 0 Å². The van der Waals surface area contributed by atoms with Crippen molar-refractivity contribution in [2.75, 3.05) is 6.54 Å². The number of benzene rings is 1. The Morgan fingerprint density at radius 3 is 2.39 bits per heavy atom. The van der Waals surface area contributed by atoms with Gasteiger partial charge in [-0.25, -0.2) is 4.79 Å². The van der Waals surface area contributed by atoms with E-state index in [4.69, 9.17) is 5.11 Å². The highest BCUT2D eigenvalue weighted by atomic mass is 16.4. The molecule has 0 aromatic heterocycles. The van der Waals surface area contributed by atoms with E-state index >= 15 is 0 Å². The number of amides is 1. The van der Waals surface area contributed by atoms with Crippen LogP contribution in [-0.4, -0.2) is 34.2 Å². The Hall–Kier alpha value is -1.88. The Balaban J connectivity index is 2.72. The van der Waals surface area contributed by atoms with Crippen LogP contribution in [0.15, 0.2) is 18.2 Å². The monoisotopic (exact) mass is 251 g/mol. The highest BCUT2D eigenvalue weighted by Gasteiger charge is 2.30. The first-order valence-corrected chi connectivity index (χ1v) is 5.55. The summed E-state index contributed by atoms with van der Waals surface area (Å²) < 4.78 is 0. The maximum absolute atomic E-state index is 11.8. The first kappa shape index (κ1) is 14.2. The van der Waals surface area contributed by atoms with E-state index in [1.165, 1.54) is 0 Å². The molecular weight excluding hydrogens is 234 g/mol. The van der Waals surface area contributed by atoms with Crippen molar-refractivity contribution >= 4 is 11.9 Å². The summed E-state index contributed by atoms with van der Waals surface area (Å²) in [5.41, 5.74) is 0.533. The number of hydrogen-bond donors (Lipinski definition) is 3. The minimum absolute atomic E-state index is 0.339. The van der Waals surface area contributed by atoms with Crippen LogP contribution in [0.25, 0.3) is 0 Å². The molecule has 1 rings (SSSR count). The number of aliphatic carboxylic acids is 1. The number of carbonyl (C=O) groups is 2. The summed E-state index contributed by atoms with van der Waals surface area (Å²) in [5.74, 6) is -1.78. The second-order valence-corrected chi connectivity index (χ2v) is 4.56. The Bertz CT molecular complexity index is 480. The third-order valence-corrected chi connectivity index (χ3v) is 2.82. The number of carbonyl (C=O) groups excluding carboxylic acids is 1. The van der Waals surface area contributed by atoms with Crippen LogP contribution in [0.3, 0.4) is 0 Å². The van der Waals surface area contributed by atoms with Gasteiger partial charge in [-0.15, -0.1) is 0 Å². The SMILES string of the molecule is Cc1ccc(C(=O)NCC(C)(O)C(=O)O)cc1C. The topological polar surface area (TPSA) is 86.6 Å². The summed E-state index contributed by atoms with van der Waals surface area (Å²) in [6.07, 6.45) is 0. The molecule has 1 amide bonds. The molecule has 0 saturated carbocycles. The number of aliphatic hydroxyl groups is 1. The molecule has 1 unspecified atom stereocenters. The summed E-state index contributed by atoms with van der Waals surface area (Å²) in [6, 6.07) is 5.20. The molecule has 5 nitrogen and oxygen atoms in total. The van der Waals surface area contributed by atoms with Crippen LogP contribution in [-0.2, 0) is 4.79 Å². The van der Waals surface area contributed by atoms with Gasteiger partial charge in [0.15, 0.2) is 5.60 Å². The third kappa shape index (κ3) is 3.30. The van der Waals surface area contributed by atoms with Gasteiger partial charge in [-0.1, -0.05) is 6.07 Å². The molecule has 0 aliphatic carbocycles. The van der Waals surface area contributed by atoms with Gasteiger partial charge in [0.25, 0.3) is 5.91 Å². The summed E-state index contributed by atoms with van der Waals surface area (Å²) in [4.78, 5) is 22.4. The van der Waals surface area contributed by atoms with Crippen molar-refractivity contribution in [3.05, 3.63) is 34.9 Å². The van der Waals surface area contributed by atoms with Crippen molar-refractivity contribution in [3.8, 4) is 0 Å². The molecule has 0 aliphatic heterocycles. The summed E-state index contributed by atoms with van der Waals surface area (Å²) in [6.45, 7) is 4.62. The molecule has 1 atom stereocenters. The molecule has 18 heavy (non-hydrogen) atoms. The number of hydrogen-bond acceptors (Lipinski definition) is 3. The molecule has 0 spiro atoms. The van der Waals surface area contributed by atoms with Crippen molar-refractivity contribution in [2.45, 2.75) is 26.4 Å². The fourth-order valence-corrected chi connectivity index (χ4v) is 1.31. The van der Waals surface area contributed by atoms with Gasteiger partial charge in [-0.05, 0) is 44.0 Å². The van der Waals surface area contributed by atoms with Crippen LogP contribution in [0.5, 0.6) is 0 Å². The predicted octanol–water partition coefficient (Wildman–Crippen LogP) is 0.869. The maximum Gasteiger partial charge on any atom is 0.337 e.